The van der Waals surface area contributed by atoms with Gasteiger partial charge in [0.1, 0.15) is 17.6 Å². The minimum absolute atomic E-state index is 0.0516. The van der Waals surface area contributed by atoms with Crippen molar-refractivity contribution in [3.05, 3.63) is 59.4 Å². The molecule has 0 spiro atoms. The number of methoxy groups -OCH3 is 1. The number of aromatic nitrogens is 2. The molecule has 0 atom stereocenters. The number of hydrogen-bond acceptors (Lipinski definition) is 5. The SMILES string of the molecule is COc1ccc(C2CCC(Cc3c(NC(=O)C4CCCCC4)ccc(O)c3-c3cnn(C(C)C)c3)CC2)cc1C#N. The van der Waals surface area contributed by atoms with Crippen LogP contribution in [0.15, 0.2) is 42.7 Å². The number of carbonyl (C=O) groups is 1. The monoisotopic (exact) mass is 554 g/mol. The number of rotatable bonds is 8. The van der Waals surface area contributed by atoms with Crippen LogP contribution in [-0.2, 0) is 11.2 Å². The van der Waals surface area contributed by atoms with E-state index < -0.39 is 0 Å². The molecule has 2 aliphatic rings. The van der Waals surface area contributed by atoms with Crippen LogP contribution in [0.2, 0.25) is 0 Å². The first-order chi connectivity index (χ1) is 19.9. The maximum atomic E-state index is 13.3. The van der Waals surface area contributed by atoms with Crippen LogP contribution < -0.4 is 10.1 Å². The molecule has 3 aromatic rings. The lowest BCUT2D eigenvalue weighted by molar-refractivity contribution is -0.120. The van der Waals surface area contributed by atoms with Crippen molar-refractivity contribution in [1.29, 1.82) is 5.26 Å². The van der Waals surface area contributed by atoms with E-state index in [0.717, 1.165) is 80.2 Å². The van der Waals surface area contributed by atoms with Crippen LogP contribution in [0, 0.1) is 23.2 Å². The molecular weight excluding hydrogens is 512 g/mol. The number of hydrogen-bond donors (Lipinski definition) is 2. The van der Waals surface area contributed by atoms with E-state index in [1.54, 1.807) is 13.2 Å². The average Bonchev–Trinajstić information content (AvgIpc) is 3.49. The molecule has 7 heteroatoms. The number of aromatic hydroxyl groups is 1. The Labute approximate surface area is 243 Å². The Hall–Kier alpha value is -3.79. The van der Waals surface area contributed by atoms with Gasteiger partial charge in [0, 0.05) is 35.0 Å². The molecule has 1 amide bonds. The van der Waals surface area contributed by atoms with E-state index in [2.05, 4.69) is 36.4 Å². The number of benzene rings is 2. The number of carbonyl (C=O) groups excluding carboxylic acids is 1. The Bertz CT molecular complexity index is 1410. The third-order valence-corrected chi connectivity index (χ3v) is 9.10. The van der Waals surface area contributed by atoms with Gasteiger partial charge in [-0.05, 0) is 106 Å². The van der Waals surface area contributed by atoms with Gasteiger partial charge >= 0.3 is 0 Å². The van der Waals surface area contributed by atoms with Crippen LogP contribution in [0.4, 0.5) is 5.69 Å². The van der Waals surface area contributed by atoms with Gasteiger partial charge in [-0.3, -0.25) is 9.48 Å². The van der Waals surface area contributed by atoms with Gasteiger partial charge in [0.2, 0.25) is 5.91 Å². The first kappa shape index (κ1) is 28.7. The Kier molecular flexibility index (Phi) is 8.97. The predicted molar refractivity (Wildman–Crippen MR) is 161 cm³/mol. The van der Waals surface area contributed by atoms with Gasteiger partial charge < -0.3 is 15.2 Å². The molecule has 7 nitrogen and oxygen atoms in total. The molecular formula is C34H42N4O3. The Balaban J connectivity index is 1.40. The topological polar surface area (TPSA) is 100 Å². The minimum Gasteiger partial charge on any atom is -0.507 e. The second kappa shape index (κ2) is 12.8. The summed E-state index contributed by atoms with van der Waals surface area (Å²) in [6.45, 7) is 4.17. The third kappa shape index (κ3) is 6.43. The zero-order valence-corrected chi connectivity index (χ0v) is 24.5. The summed E-state index contributed by atoms with van der Waals surface area (Å²) in [5.74, 6) is 1.81. The lowest BCUT2D eigenvalue weighted by Crippen LogP contribution is -2.25. The molecule has 0 aliphatic heterocycles. The number of nitrogens with one attached hydrogen (secondary N) is 1. The van der Waals surface area contributed by atoms with Crippen molar-refractivity contribution in [3.63, 3.8) is 0 Å². The van der Waals surface area contributed by atoms with Crippen molar-refractivity contribution in [2.75, 3.05) is 12.4 Å². The molecule has 2 fully saturated rings. The molecule has 1 aromatic heterocycles. The number of nitriles is 1. The summed E-state index contributed by atoms with van der Waals surface area (Å²) in [5.41, 5.74) is 5.22. The van der Waals surface area contributed by atoms with Crippen molar-refractivity contribution in [2.45, 2.75) is 90.0 Å². The summed E-state index contributed by atoms with van der Waals surface area (Å²) in [7, 11) is 1.59. The number of amides is 1. The second-order valence-corrected chi connectivity index (χ2v) is 12.1. The average molecular weight is 555 g/mol. The van der Waals surface area contributed by atoms with Gasteiger partial charge in [0.05, 0.1) is 18.9 Å². The first-order valence-electron chi connectivity index (χ1n) is 15.2. The van der Waals surface area contributed by atoms with E-state index >= 15 is 0 Å². The van der Waals surface area contributed by atoms with Crippen LogP contribution in [0.3, 0.4) is 0 Å². The molecule has 41 heavy (non-hydrogen) atoms. The molecule has 0 bridgehead atoms. The molecule has 216 valence electrons. The van der Waals surface area contributed by atoms with Gasteiger partial charge in [-0.15, -0.1) is 0 Å². The highest BCUT2D eigenvalue weighted by atomic mass is 16.5. The highest BCUT2D eigenvalue weighted by Crippen LogP contribution is 2.43. The quantitative estimate of drug-likeness (QED) is 0.277. The van der Waals surface area contributed by atoms with E-state index in [1.807, 2.05) is 35.3 Å². The highest BCUT2D eigenvalue weighted by Gasteiger charge is 2.28. The van der Waals surface area contributed by atoms with Gasteiger partial charge in [-0.25, -0.2) is 0 Å². The summed E-state index contributed by atoms with van der Waals surface area (Å²) >= 11 is 0. The van der Waals surface area contributed by atoms with Gasteiger partial charge in [0.25, 0.3) is 0 Å². The van der Waals surface area contributed by atoms with Crippen LogP contribution in [0.1, 0.15) is 100 Å². The second-order valence-electron chi connectivity index (χ2n) is 12.1. The summed E-state index contributed by atoms with van der Waals surface area (Å²) < 4.78 is 7.24. The molecule has 2 N–H and O–H groups in total. The van der Waals surface area contributed by atoms with E-state index in [4.69, 9.17) is 4.74 Å². The van der Waals surface area contributed by atoms with E-state index in [0.29, 0.717) is 23.1 Å². The molecule has 5 rings (SSSR count). The molecule has 2 aromatic carbocycles. The molecule has 2 saturated carbocycles. The maximum absolute atomic E-state index is 13.3. The summed E-state index contributed by atoms with van der Waals surface area (Å²) in [5, 5.41) is 28.5. The van der Waals surface area contributed by atoms with Crippen molar-refractivity contribution in [1.82, 2.24) is 9.78 Å². The Morgan fingerprint density at radius 2 is 1.88 bits per heavy atom. The number of nitrogens with zero attached hydrogens (tertiary/aromatic N) is 3. The summed E-state index contributed by atoms with van der Waals surface area (Å²) in [6.07, 6.45) is 14.0. The van der Waals surface area contributed by atoms with Crippen LogP contribution in [0.25, 0.3) is 11.1 Å². The lowest BCUT2D eigenvalue weighted by Gasteiger charge is -2.30. The molecule has 0 saturated heterocycles. The van der Waals surface area contributed by atoms with Crippen molar-refractivity contribution in [3.8, 4) is 28.7 Å². The molecule has 2 aliphatic carbocycles. The number of ether oxygens (including phenoxy) is 1. The van der Waals surface area contributed by atoms with Gasteiger partial charge in [0.15, 0.2) is 0 Å². The Morgan fingerprint density at radius 1 is 1.12 bits per heavy atom. The minimum atomic E-state index is 0.0516. The Morgan fingerprint density at radius 3 is 2.54 bits per heavy atom. The largest absolute Gasteiger partial charge is 0.507 e. The fourth-order valence-corrected chi connectivity index (χ4v) is 6.69. The van der Waals surface area contributed by atoms with Crippen LogP contribution in [-0.4, -0.2) is 27.9 Å². The molecule has 0 radical (unpaired) electrons. The number of phenols is 1. The van der Waals surface area contributed by atoms with E-state index in [1.165, 1.54) is 12.0 Å². The summed E-state index contributed by atoms with van der Waals surface area (Å²) in [6, 6.07) is 12.0. The maximum Gasteiger partial charge on any atom is 0.227 e. The lowest BCUT2D eigenvalue weighted by atomic mass is 9.75. The number of phenolic OH excluding ortho intramolecular Hbond substituents is 1. The van der Waals surface area contributed by atoms with E-state index in [9.17, 15) is 15.2 Å². The van der Waals surface area contributed by atoms with E-state index in [-0.39, 0.29) is 23.6 Å². The molecule has 0 unspecified atom stereocenters. The van der Waals surface area contributed by atoms with Crippen LogP contribution >= 0.6 is 0 Å². The molecule has 1 heterocycles. The third-order valence-electron chi connectivity index (χ3n) is 9.10. The first-order valence-corrected chi connectivity index (χ1v) is 15.2. The zero-order valence-electron chi connectivity index (χ0n) is 24.5. The fraction of sp³-hybridized carbons (Fsp3) is 0.500. The fourth-order valence-electron chi connectivity index (χ4n) is 6.69. The van der Waals surface area contributed by atoms with Crippen molar-refractivity contribution < 1.29 is 14.6 Å². The van der Waals surface area contributed by atoms with Gasteiger partial charge in [-0.2, -0.15) is 10.4 Å². The summed E-state index contributed by atoms with van der Waals surface area (Å²) in [4.78, 5) is 13.3. The van der Waals surface area contributed by atoms with Crippen molar-refractivity contribution >= 4 is 11.6 Å². The van der Waals surface area contributed by atoms with Gasteiger partial charge in [-0.1, -0.05) is 25.3 Å². The predicted octanol–water partition coefficient (Wildman–Crippen LogP) is 7.75. The van der Waals surface area contributed by atoms with Crippen LogP contribution in [0.5, 0.6) is 11.5 Å². The number of anilines is 1. The smallest absolute Gasteiger partial charge is 0.227 e. The standard InChI is InChI=1S/C34H42N4O3/c1-22(2)38-21-28(20-36-38)33-29(30(14-15-31(33)39)37-34(40)25-7-5-4-6-8-25)17-23-9-11-24(12-10-23)26-13-16-32(41-3)27(18-26)19-35/h13-16,18,20-25,39H,4-12,17H2,1-3H3,(H,37,40). The zero-order chi connectivity index (χ0) is 28.9. The highest BCUT2D eigenvalue weighted by molar-refractivity contribution is 5.95. The normalized spacial score (nSPS) is 19.6. The van der Waals surface area contributed by atoms with Crippen molar-refractivity contribution in [2.24, 2.45) is 11.8 Å².